The van der Waals surface area contributed by atoms with E-state index in [0.717, 1.165) is 21.5 Å². The number of benzene rings is 1. The molecule has 0 aliphatic heterocycles. The van der Waals surface area contributed by atoms with E-state index in [4.69, 9.17) is 0 Å². The van der Waals surface area contributed by atoms with Crippen LogP contribution in [0.5, 0.6) is 0 Å². The standard InChI is InChI=1S/C12H18N2O4S2/c1-14(10-9-13-19(2,15)16)20(17,18)11-8-12-6-4-3-5-7-12/h3-8,11,13H,9-10H2,1-2H3/b11-8+. The third kappa shape index (κ3) is 6.29. The van der Waals surface area contributed by atoms with Gasteiger partial charge in [-0.1, -0.05) is 30.3 Å². The summed E-state index contributed by atoms with van der Waals surface area (Å²) in [6.07, 6.45) is 2.52. The molecule has 0 amide bonds. The van der Waals surface area contributed by atoms with Gasteiger partial charge in [0, 0.05) is 25.5 Å². The van der Waals surface area contributed by atoms with Crippen LogP contribution in [0.3, 0.4) is 0 Å². The summed E-state index contributed by atoms with van der Waals surface area (Å²) in [6, 6.07) is 9.04. The molecular formula is C12H18N2O4S2. The first-order valence-corrected chi connectivity index (χ1v) is 9.24. The number of rotatable bonds is 7. The molecule has 1 N–H and O–H groups in total. The van der Waals surface area contributed by atoms with Crippen LogP contribution in [0.4, 0.5) is 0 Å². The Morgan fingerprint density at radius 3 is 2.30 bits per heavy atom. The van der Waals surface area contributed by atoms with Gasteiger partial charge in [0.05, 0.1) is 6.26 Å². The topological polar surface area (TPSA) is 83.6 Å². The second kappa shape index (κ2) is 6.98. The van der Waals surface area contributed by atoms with E-state index in [1.54, 1.807) is 12.1 Å². The normalized spacial score (nSPS) is 13.2. The van der Waals surface area contributed by atoms with E-state index in [2.05, 4.69) is 4.72 Å². The Bertz CT molecular complexity index is 652. The SMILES string of the molecule is CN(CCNS(C)(=O)=O)S(=O)(=O)/C=C/c1ccccc1. The maximum absolute atomic E-state index is 11.9. The Hall–Kier alpha value is -1.22. The second-order valence-corrected chi connectivity index (χ2v) is 8.00. The van der Waals surface area contributed by atoms with Gasteiger partial charge in [0.25, 0.3) is 0 Å². The largest absolute Gasteiger partial charge is 0.236 e. The molecule has 0 atom stereocenters. The van der Waals surface area contributed by atoms with Gasteiger partial charge in [-0.15, -0.1) is 0 Å². The summed E-state index contributed by atoms with van der Waals surface area (Å²) in [4.78, 5) is 0. The highest BCUT2D eigenvalue weighted by atomic mass is 32.2. The Balaban J connectivity index is 2.62. The predicted molar refractivity (Wildman–Crippen MR) is 79.9 cm³/mol. The number of nitrogens with one attached hydrogen (secondary N) is 1. The fourth-order valence-corrected chi connectivity index (χ4v) is 2.69. The third-order valence-electron chi connectivity index (χ3n) is 2.46. The molecule has 0 spiro atoms. The lowest BCUT2D eigenvalue weighted by Crippen LogP contribution is -2.34. The summed E-state index contributed by atoms with van der Waals surface area (Å²) in [5, 5.41) is 1.10. The van der Waals surface area contributed by atoms with E-state index < -0.39 is 20.0 Å². The van der Waals surface area contributed by atoms with Crippen molar-refractivity contribution in [3.63, 3.8) is 0 Å². The Morgan fingerprint density at radius 2 is 1.75 bits per heavy atom. The first-order valence-electron chi connectivity index (χ1n) is 5.85. The van der Waals surface area contributed by atoms with E-state index in [0.29, 0.717) is 0 Å². The number of nitrogens with zero attached hydrogens (tertiary/aromatic N) is 1. The van der Waals surface area contributed by atoms with Gasteiger partial charge in [-0.3, -0.25) is 0 Å². The minimum absolute atomic E-state index is 0.0355. The molecule has 0 bridgehead atoms. The zero-order valence-corrected chi connectivity index (χ0v) is 13.0. The molecule has 20 heavy (non-hydrogen) atoms. The van der Waals surface area contributed by atoms with Crippen molar-refractivity contribution in [1.29, 1.82) is 0 Å². The number of hydrogen-bond donors (Lipinski definition) is 1. The van der Waals surface area contributed by atoms with Gasteiger partial charge in [-0.25, -0.2) is 25.9 Å². The molecule has 112 valence electrons. The van der Waals surface area contributed by atoms with E-state index in [9.17, 15) is 16.8 Å². The third-order valence-corrected chi connectivity index (χ3v) is 4.72. The predicted octanol–water partition coefficient (Wildman–Crippen LogP) is 0.468. The minimum atomic E-state index is -3.56. The van der Waals surface area contributed by atoms with Crippen LogP contribution in [0.2, 0.25) is 0 Å². The van der Waals surface area contributed by atoms with Crippen molar-refractivity contribution in [3.8, 4) is 0 Å². The van der Waals surface area contributed by atoms with Crippen molar-refractivity contribution in [2.24, 2.45) is 0 Å². The second-order valence-electron chi connectivity index (χ2n) is 4.25. The van der Waals surface area contributed by atoms with Crippen LogP contribution in [0.25, 0.3) is 6.08 Å². The van der Waals surface area contributed by atoms with Crippen molar-refractivity contribution in [3.05, 3.63) is 41.3 Å². The van der Waals surface area contributed by atoms with Crippen LogP contribution in [-0.4, -0.2) is 47.5 Å². The Morgan fingerprint density at radius 1 is 1.15 bits per heavy atom. The summed E-state index contributed by atoms with van der Waals surface area (Å²) < 4.78 is 48.9. The first-order chi connectivity index (χ1) is 9.21. The Labute approximate surface area is 120 Å². The van der Waals surface area contributed by atoms with Crippen LogP contribution in [0.15, 0.2) is 35.7 Å². The van der Waals surface area contributed by atoms with E-state index in [1.165, 1.54) is 13.1 Å². The highest BCUT2D eigenvalue weighted by Gasteiger charge is 2.14. The zero-order chi connectivity index (χ0) is 15.2. The van der Waals surface area contributed by atoms with Crippen LogP contribution < -0.4 is 4.72 Å². The molecule has 0 aliphatic rings. The molecule has 0 saturated carbocycles. The Kier molecular flexibility index (Phi) is 5.88. The van der Waals surface area contributed by atoms with Crippen molar-refractivity contribution >= 4 is 26.1 Å². The van der Waals surface area contributed by atoms with Crippen LogP contribution in [0.1, 0.15) is 5.56 Å². The first kappa shape index (κ1) is 16.8. The molecule has 1 aromatic rings. The van der Waals surface area contributed by atoms with Crippen LogP contribution in [0, 0.1) is 0 Å². The summed E-state index contributed by atoms with van der Waals surface area (Å²) >= 11 is 0. The zero-order valence-electron chi connectivity index (χ0n) is 11.4. The summed E-state index contributed by atoms with van der Waals surface area (Å²) in [5.74, 6) is 0. The van der Waals surface area contributed by atoms with Gasteiger partial charge in [-0.2, -0.15) is 0 Å². The molecule has 1 rings (SSSR count). The number of likely N-dealkylation sites (N-methyl/N-ethyl adjacent to an activating group) is 1. The number of hydrogen-bond acceptors (Lipinski definition) is 4. The maximum Gasteiger partial charge on any atom is 0.236 e. The van der Waals surface area contributed by atoms with Gasteiger partial charge < -0.3 is 0 Å². The molecule has 8 heteroatoms. The van der Waals surface area contributed by atoms with Crippen LogP contribution >= 0.6 is 0 Å². The maximum atomic E-state index is 11.9. The lowest BCUT2D eigenvalue weighted by molar-refractivity contribution is 0.477. The van der Waals surface area contributed by atoms with Crippen molar-refractivity contribution < 1.29 is 16.8 Å². The summed E-state index contributed by atoms with van der Waals surface area (Å²) in [5.41, 5.74) is 0.777. The fraction of sp³-hybridized carbons (Fsp3) is 0.333. The van der Waals surface area contributed by atoms with Crippen molar-refractivity contribution in [2.75, 3.05) is 26.4 Å². The van der Waals surface area contributed by atoms with Gasteiger partial charge in [0.15, 0.2) is 0 Å². The molecule has 0 unspecified atom stereocenters. The lowest BCUT2D eigenvalue weighted by Gasteiger charge is -2.14. The van der Waals surface area contributed by atoms with Crippen molar-refractivity contribution in [2.45, 2.75) is 0 Å². The van der Waals surface area contributed by atoms with Crippen LogP contribution in [-0.2, 0) is 20.0 Å². The average molecular weight is 318 g/mol. The molecular weight excluding hydrogens is 300 g/mol. The van der Waals surface area contributed by atoms with Crippen molar-refractivity contribution in [1.82, 2.24) is 9.03 Å². The molecule has 0 saturated heterocycles. The highest BCUT2D eigenvalue weighted by molar-refractivity contribution is 7.92. The number of sulfonamides is 2. The summed E-state index contributed by atoms with van der Waals surface area (Å²) in [7, 11) is -5.47. The van der Waals surface area contributed by atoms with Gasteiger partial charge >= 0.3 is 0 Å². The van der Waals surface area contributed by atoms with E-state index >= 15 is 0 Å². The quantitative estimate of drug-likeness (QED) is 0.792. The van der Waals surface area contributed by atoms with E-state index in [-0.39, 0.29) is 13.1 Å². The fourth-order valence-electron chi connectivity index (χ4n) is 1.35. The van der Waals surface area contributed by atoms with E-state index in [1.807, 2.05) is 18.2 Å². The van der Waals surface area contributed by atoms with Gasteiger partial charge in [0.1, 0.15) is 0 Å². The highest BCUT2D eigenvalue weighted by Crippen LogP contribution is 2.06. The molecule has 1 aromatic carbocycles. The van der Waals surface area contributed by atoms with Gasteiger partial charge in [-0.05, 0) is 11.6 Å². The lowest BCUT2D eigenvalue weighted by atomic mass is 10.2. The van der Waals surface area contributed by atoms with Gasteiger partial charge in [0.2, 0.25) is 20.0 Å². The molecule has 0 aromatic heterocycles. The minimum Gasteiger partial charge on any atom is -0.214 e. The summed E-state index contributed by atoms with van der Waals surface area (Å²) in [6.45, 7) is 0.0995. The monoisotopic (exact) mass is 318 g/mol. The smallest absolute Gasteiger partial charge is 0.214 e. The molecule has 6 nitrogen and oxygen atoms in total. The average Bonchev–Trinajstić information content (AvgIpc) is 2.36. The molecule has 0 aliphatic carbocycles. The molecule has 0 heterocycles. The molecule has 0 fully saturated rings. The molecule has 0 radical (unpaired) electrons.